The van der Waals surface area contributed by atoms with Crippen molar-refractivity contribution < 1.29 is 26.6 Å². The normalized spacial score (nSPS) is 26.1. The fourth-order valence-electron chi connectivity index (χ4n) is 2.28. The molecule has 23 heavy (non-hydrogen) atoms. The van der Waals surface area contributed by atoms with Crippen LogP contribution in [-0.4, -0.2) is 11.9 Å². The maximum Gasteiger partial charge on any atom is 2.00 e. The van der Waals surface area contributed by atoms with Gasteiger partial charge in [-0.15, -0.1) is 0 Å². The topological polar surface area (TPSA) is 29.6 Å². The minimum atomic E-state index is -0.377. The first-order chi connectivity index (χ1) is 10.8. The minimum Gasteiger partial charge on any atom is -0.356 e. The fraction of sp³-hybridized carbons (Fsp3) is 0.105. The Balaban J connectivity index is 0.000000276. The Kier molecular flexibility index (Phi) is 7.62. The molecule has 0 unspecified atom stereocenters. The molecule has 0 spiro atoms. The summed E-state index contributed by atoms with van der Waals surface area (Å²) >= 11 is 6.06. The molecule has 0 aromatic heterocycles. The summed E-state index contributed by atoms with van der Waals surface area (Å²) in [7, 11) is 0. The van der Waals surface area contributed by atoms with Crippen molar-refractivity contribution in [2.75, 3.05) is 0 Å². The molecule has 2 nitrogen and oxygen atoms in total. The van der Waals surface area contributed by atoms with Gasteiger partial charge in [0.15, 0.2) is 5.78 Å². The van der Waals surface area contributed by atoms with Crippen molar-refractivity contribution in [3.8, 4) is 0 Å². The van der Waals surface area contributed by atoms with E-state index in [0.29, 0.717) is 10.9 Å². The quantitative estimate of drug-likeness (QED) is 0.602. The van der Waals surface area contributed by atoms with Gasteiger partial charge in [-0.25, -0.2) is 0 Å². The zero-order valence-corrected chi connectivity index (χ0v) is 14.1. The number of hydrogen-bond acceptors (Lipinski definition) is 2. The number of ketones is 1. The average Bonchev–Trinajstić information content (AvgIpc) is 3.00. The third-order valence-electron chi connectivity index (χ3n) is 3.46. The molecule has 2 aliphatic carbocycles. The van der Waals surface area contributed by atoms with E-state index in [1.165, 1.54) is 0 Å². The van der Waals surface area contributed by atoms with E-state index in [1.54, 1.807) is 12.8 Å². The zero-order valence-electron chi connectivity index (χ0n) is 12.2. The Bertz CT molecular complexity index is 502. The van der Waals surface area contributed by atoms with Crippen LogP contribution in [-0.2, 0) is 26.6 Å². The standard InChI is InChI=1S/C14H10ClO2.C5H5.Fe/c15-11-8-4-3-7-10(11)13-14(17-13)12(16)9-5-1-2-6-9;1-2-4-5-3-1;/h1-8,13-14H;1-5H;/q;;+2/t13-,14-;;/m1../s1. The number of benzene rings is 1. The van der Waals surface area contributed by atoms with Crippen LogP contribution in [0.2, 0.25) is 5.02 Å². The Labute approximate surface area is 154 Å². The molecule has 4 heteroatoms. The summed E-state index contributed by atoms with van der Waals surface area (Å²) < 4.78 is 5.44. The summed E-state index contributed by atoms with van der Waals surface area (Å²) in [6.07, 6.45) is 16.7. The van der Waals surface area contributed by atoms with Crippen molar-refractivity contribution >= 4 is 17.4 Å². The van der Waals surface area contributed by atoms with Crippen molar-refractivity contribution in [1.82, 2.24) is 0 Å². The van der Waals surface area contributed by atoms with Crippen LogP contribution in [0.5, 0.6) is 0 Å². The van der Waals surface area contributed by atoms with E-state index in [-0.39, 0.29) is 35.1 Å². The molecule has 0 amide bonds. The predicted molar refractivity (Wildman–Crippen MR) is 86.0 cm³/mol. The fourth-order valence-corrected chi connectivity index (χ4v) is 2.52. The van der Waals surface area contributed by atoms with Gasteiger partial charge in [0, 0.05) is 10.6 Å². The van der Waals surface area contributed by atoms with Crippen molar-refractivity contribution in [2.45, 2.75) is 12.2 Å². The monoisotopic (exact) mass is 366 g/mol. The van der Waals surface area contributed by atoms with Crippen LogP contribution in [0.25, 0.3) is 0 Å². The number of halogens is 1. The van der Waals surface area contributed by atoms with E-state index >= 15 is 0 Å². The van der Waals surface area contributed by atoms with Crippen LogP contribution < -0.4 is 0 Å². The van der Waals surface area contributed by atoms with Gasteiger partial charge in [-0.1, -0.05) is 29.8 Å². The summed E-state index contributed by atoms with van der Waals surface area (Å²) in [4.78, 5) is 12.0. The molecule has 1 aromatic carbocycles. The Morgan fingerprint density at radius 2 is 1.48 bits per heavy atom. The second-order valence-corrected chi connectivity index (χ2v) is 5.41. The number of epoxide rings is 1. The van der Waals surface area contributed by atoms with Gasteiger partial charge in [-0.05, 0) is 63.9 Å². The van der Waals surface area contributed by atoms with Gasteiger partial charge in [-0.3, -0.25) is 4.79 Å². The number of ether oxygens (including phenoxy) is 1. The van der Waals surface area contributed by atoms with Gasteiger partial charge < -0.3 is 4.74 Å². The van der Waals surface area contributed by atoms with Gasteiger partial charge in [0.05, 0.1) is 5.92 Å². The molecular formula is C19H15ClFeO2+2. The maximum atomic E-state index is 12.0. The number of Topliss-reactive ketones (excluding diaryl/α,β-unsaturated/α-hetero) is 1. The van der Waals surface area contributed by atoms with Gasteiger partial charge in [0.1, 0.15) is 12.2 Å². The van der Waals surface area contributed by atoms with Gasteiger partial charge in [0.2, 0.25) is 0 Å². The molecule has 1 saturated heterocycles. The SMILES string of the molecule is O=C([C]1[CH][CH][CH][CH]1)[C@H]1O[C@@H]1c1ccccc1Cl.[CH]1[CH][CH][CH][CH]1.[Fe+2]. The number of carbonyl (C=O) groups is 1. The maximum absolute atomic E-state index is 12.0. The first-order valence-electron chi connectivity index (χ1n) is 7.10. The summed E-state index contributed by atoms with van der Waals surface area (Å²) in [6, 6.07) is 7.46. The first kappa shape index (κ1) is 19.0. The number of hydrogen-bond donors (Lipinski definition) is 0. The molecule has 1 aliphatic heterocycles. The molecule has 1 aromatic rings. The molecule has 0 N–H and O–H groups in total. The summed E-state index contributed by atoms with van der Waals surface area (Å²) in [5.41, 5.74) is 0.888. The Morgan fingerprint density at radius 3 is 2.04 bits per heavy atom. The second-order valence-electron chi connectivity index (χ2n) is 5.00. The summed E-state index contributed by atoms with van der Waals surface area (Å²) in [5.74, 6) is 0.726. The molecule has 2 atom stereocenters. The van der Waals surface area contributed by atoms with Crippen LogP contribution in [0.3, 0.4) is 0 Å². The van der Waals surface area contributed by atoms with Crippen LogP contribution in [0.15, 0.2) is 24.3 Å². The first-order valence-corrected chi connectivity index (χ1v) is 7.47. The predicted octanol–water partition coefficient (Wildman–Crippen LogP) is 3.77. The molecule has 3 aliphatic rings. The molecule has 116 valence electrons. The van der Waals surface area contributed by atoms with Gasteiger partial charge >= 0.3 is 17.1 Å². The van der Waals surface area contributed by atoms with E-state index in [0.717, 1.165) is 5.56 Å². The van der Waals surface area contributed by atoms with Crippen molar-refractivity contribution in [1.29, 1.82) is 0 Å². The molecule has 2 saturated carbocycles. The molecule has 10 radical (unpaired) electrons. The number of rotatable bonds is 3. The van der Waals surface area contributed by atoms with Crippen LogP contribution >= 0.6 is 11.6 Å². The zero-order chi connectivity index (χ0) is 15.4. The van der Waals surface area contributed by atoms with Crippen molar-refractivity contribution in [2.24, 2.45) is 0 Å². The molecule has 4 rings (SSSR count). The van der Waals surface area contributed by atoms with E-state index < -0.39 is 0 Å². The number of carbonyl (C=O) groups excluding carboxylic acids is 1. The molecular weight excluding hydrogens is 352 g/mol. The smallest absolute Gasteiger partial charge is 0.356 e. The van der Waals surface area contributed by atoms with Crippen molar-refractivity contribution in [3.63, 3.8) is 0 Å². The summed E-state index contributed by atoms with van der Waals surface area (Å²) in [5, 5.41) is 0.648. The third kappa shape index (κ3) is 5.06. The van der Waals surface area contributed by atoms with E-state index in [2.05, 4.69) is 0 Å². The van der Waals surface area contributed by atoms with Crippen molar-refractivity contribution in [3.05, 3.63) is 98.6 Å². The Hall–Kier alpha value is -0.341. The Morgan fingerprint density at radius 1 is 0.913 bits per heavy atom. The average molecular weight is 367 g/mol. The van der Waals surface area contributed by atoms with Crippen LogP contribution in [0.4, 0.5) is 0 Å². The second kappa shape index (κ2) is 9.22. The molecule has 1 heterocycles. The van der Waals surface area contributed by atoms with E-state index in [1.807, 2.05) is 69.2 Å². The minimum absolute atomic E-state index is 0. The van der Waals surface area contributed by atoms with Crippen LogP contribution in [0, 0.1) is 63.7 Å². The van der Waals surface area contributed by atoms with Gasteiger partial charge in [-0.2, -0.15) is 0 Å². The third-order valence-corrected chi connectivity index (χ3v) is 3.81. The van der Waals surface area contributed by atoms with E-state index in [4.69, 9.17) is 16.3 Å². The van der Waals surface area contributed by atoms with E-state index in [9.17, 15) is 4.79 Å². The van der Waals surface area contributed by atoms with Crippen LogP contribution in [0.1, 0.15) is 11.7 Å². The largest absolute Gasteiger partial charge is 2.00 e. The van der Waals surface area contributed by atoms with Gasteiger partial charge in [0.25, 0.3) is 0 Å². The molecule has 0 bridgehead atoms. The summed E-state index contributed by atoms with van der Waals surface area (Å²) in [6.45, 7) is 0. The molecule has 3 fully saturated rings.